The molecule has 3 aromatic carbocycles. The normalized spacial score (nSPS) is 16.7. The van der Waals surface area contributed by atoms with Gasteiger partial charge in [-0.05, 0) is 86.6 Å². The zero-order chi connectivity index (χ0) is 25.0. The van der Waals surface area contributed by atoms with Gasteiger partial charge in [0.25, 0.3) is 11.8 Å². The van der Waals surface area contributed by atoms with Crippen molar-refractivity contribution in [2.24, 2.45) is 0 Å². The number of benzene rings is 3. The van der Waals surface area contributed by atoms with E-state index in [9.17, 15) is 14.0 Å². The van der Waals surface area contributed by atoms with Crippen LogP contribution in [0.5, 0.6) is 0 Å². The van der Waals surface area contributed by atoms with Crippen molar-refractivity contribution in [3.8, 4) is 0 Å². The minimum Gasteiger partial charge on any atom is -0.361 e. The van der Waals surface area contributed by atoms with Gasteiger partial charge in [-0.15, -0.1) is 0 Å². The molecule has 0 aliphatic carbocycles. The molecule has 3 aromatic rings. The maximum atomic E-state index is 13.6. The summed E-state index contributed by atoms with van der Waals surface area (Å²) in [5, 5.41) is 0.292. The second-order valence-electron chi connectivity index (χ2n) is 8.79. The van der Waals surface area contributed by atoms with Crippen LogP contribution in [0.3, 0.4) is 0 Å². The van der Waals surface area contributed by atoms with Crippen molar-refractivity contribution in [3.63, 3.8) is 0 Å². The van der Waals surface area contributed by atoms with Crippen molar-refractivity contribution in [1.82, 2.24) is 15.8 Å². The topological polar surface area (TPSA) is 70.7 Å². The standard InChI is InChI=1S/C27H27ClFN3O3/c1-32(2)15-5-14-27(20-9-11-21(29)12-10-20)23-13-8-18(16-19(23)17-35-27)25(33)30-31-26(34)22-6-3-4-7-24(22)28/h3-4,6-13,16H,5,14-15,17H2,1-2H3,(H,30,33)(H,31,34). The number of fused-ring (bicyclic) bond motifs is 1. The summed E-state index contributed by atoms with van der Waals surface area (Å²) in [6.45, 7) is 1.20. The molecule has 4 rings (SSSR count). The summed E-state index contributed by atoms with van der Waals surface area (Å²) in [7, 11) is 4.03. The zero-order valence-corrected chi connectivity index (χ0v) is 20.4. The highest BCUT2D eigenvalue weighted by molar-refractivity contribution is 6.33. The molecule has 0 fully saturated rings. The molecule has 182 valence electrons. The second kappa shape index (κ2) is 10.6. The fourth-order valence-electron chi connectivity index (χ4n) is 4.38. The Labute approximate surface area is 209 Å². The lowest BCUT2D eigenvalue weighted by atomic mass is 9.81. The smallest absolute Gasteiger partial charge is 0.271 e. The largest absolute Gasteiger partial charge is 0.361 e. The van der Waals surface area contributed by atoms with Crippen LogP contribution in [0.2, 0.25) is 5.02 Å². The summed E-state index contributed by atoms with van der Waals surface area (Å²) in [6, 6.07) is 18.3. The first-order valence-electron chi connectivity index (χ1n) is 11.3. The van der Waals surface area contributed by atoms with Crippen molar-refractivity contribution in [1.29, 1.82) is 0 Å². The molecule has 6 nitrogen and oxygen atoms in total. The van der Waals surface area contributed by atoms with Crippen LogP contribution in [-0.2, 0) is 16.9 Å². The van der Waals surface area contributed by atoms with E-state index in [0.29, 0.717) is 23.6 Å². The predicted octanol–water partition coefficient (Wildman–Crippen LogP) is 4.67. The van der Waals surface area contributed by atoms with Crippen molar-refractivity contribution >= 4 is 23.4 Å². The SMILES string of the molecule is CN(C)CCCC1(c2ccc(F)cc2)OCc2cc(C(=O)NNC(=O)c3ccccc3Cl)ccc21. The number of rotatable bonds is 7. The van der Waals surface area contributed by atoms with Crippen LogP contribution < -0.4 is 10.9 Å². The third-order valence-electron chi connectivity index (χ3n) is 6.13. The van der Waals surface area contributed by atoms with Crippen LogP contribution >= 0.6 is 11.6 Å². The lowest BCUT2D eigenvalue weighted by Crippen LogP contribution is -2.41. The number of hydrogen-bond acceptors (Lipinski definition) is 4. The van der Waals surface area contributed by atoms with Gasteiger partial charge in [0, 0.05) is 5.56 Å². The van der Waals surface area contributed by atoms with Crippen molar-refractivity contribution in [2.45, 2.75) is 25.0 Å². The summed E-state index contributed by atoms with van der Waals surface area (Å²) < 4.78 is 20.0. The van der Waals surface area contributed by atoms with E-state index in [1.54, 1.807) is 48.5 Å². The monoisotopic (exact) mass is 495 g/mol. The molecule has 1 aliphatic rings. The highest BCUT2D eigenvalue weighted by Gasteiger charge is 2.41. The highest BCUT2D eigenvalue weighted by Crippen LogP contribution is 2.45. The number of nitrogens with one attached hydrogen (secondary N) is 2. The number of nitrogens with zero attached hydrogens (tertiary/aromatic N) is 1. The number of ether oxygens (including phenoxy) is 1. The Morgan fingerprint density at radius 2 is 1.74 bits per heavy atom. The lowest BCUT2D eigenvalue weighted by Gasteiger charge is -2.31. The molecule has 2 N–H and O–H groups in total. The Morgan fingerprint density at radius 1 is 1.03 bits per heavy atom. The van der Waals surface area contributed by atoms with E-state index < -0.39 is 17.4 Å². The molecule has 1 aliphatic heterocycles. The number of carbonyl (C=O) groups excluding carboxylic acids is 2. The fourth-order valence-corrected chi connectivity index (χ4v) is 4.60. The van der Waals surface area contributed by atoms with Gasteiger partial charge in [0.1, 0.15) is 11.4 Å². The average Bonchev–Trinajstić information content (AvgIpc) is 3.21. The van der Waals surface area contributed by atoms with E-state index >= 15 is 0 Å². The summed E-state index contributed by atoms with van der Waals surface area (Å²) in [6.07, 6.45) is 1.59. The Balaban J connectivity index is 1.54. The van der Waals surface area contributed by atoms with Crippen LogP contribution in [0.15, 0.2) is 66.7 Å². The molecule has 8 heteroatoms. The number of hydrazine groups is 1. The minimum atomic E-state index is -0.716. The summed E-state index contributed by atoms with van der Waals surface area (Å²) in [5.41, 5.74) is 7.48. The quantitative estimate of drug-likeness (QED) is 0.467. The zero-order valence-electron chi connectivity index (χ0n) is 19.6. The molecule has 35 heavy (non-hydrogen) atoms. The molecule has 0 saturated carbocycles. The summed E-state index contributed by atoms with van der Waals surface area (Å²) in [4.78, 5) is 27.2. The summed E-state index contributed by atoms with van der Waals surface area (Å²) in [5.74, 6) is -1.27. The molecule has 0 radical (unpaired) electrons. The highest BCUT2D eigenvalue weighted by atomic mass is 35.5. The van der Waals surface area contributed by atoms with Gasteiger partial charge in [0.05, 0.1) is 17.2 Å². The average molecular weight is 496 g/mol. The van der Waals surface area contributed by atoms with Crippen LogP contribution in [0.4, 0.5) is 4.39 Å². The van der Waals surface area contributed by atoms with Crippen molar-refractivity contribution in [2.75, 3.05) is 20.6 Å². The van der Waals surface area contributed by atoms with Crippen molar-refractivity contribution < 1.29 is 18.7 Å². The van der Waals surface area contributed by atoms with Gasteiger partial charge in [-0.2, -0.15) is 0 Å². The molecule has 0 bridgehead atoms. The lowest BCUT2D eigenvalue weighted by molar-refractivity contribution is -0.0140. The number of halogens is 2. The molecular formula is C27H27ClFN3O3. The van der Waals surface area contributed by atoms with Gasteiger partial charge < -0.3 is 9.64 Å². The number of carbonyl (C=O) groups is 2. The van der Waals surface area contributed by atoms with Crippen LogP contribution in [0.25, 0.3) is 0 Å². The molecule has 1 unspecified atom stereocenters. The second-order valence-corrected chi connectivity index (χ2v) is 9.20. The Hall–Kier alpha value is -3.26. The maximum absolute atomic E-state index is 13.6. The molecule has 0 aromatic heterocycles. The third kappa shape index (κ3) is 5.37. The molecule has 1 heterocycles. The number of amides is 2. The van der Waals surface area contributed by atoms with Gasteiger partial charge in [-0.25, -0.2) is 4.39 Å². The van der Waals surface area contributed by atoms with Gasteiger partial charge in [-0.3, -0.25) is 20.4 Å². The van der Waals surface area contributed by atoms with E-state index in [1.165, 1.54) is 12.1 Å². The van der Waals surface area contributed by atoms with Crippen LogP contribution in [-0.4, -0.2) is 37.4 Å². The van der Waals surface area contributed by atoms with E-state index in [-0.39, 0.29) is 11.4 Å². The Kier molecular flexibility index (Phi) is 7.50. The first-order valence-corrected chi connectivity index (χ1v) is 11.7. The molecule has 1 atom stereocenters. The van der Waals surface area contributed by atoms with E-state index in [1.807, 2.05) is 20.2 Å². The van der Waals surface area contributed by atoms with Gasteiger partial charge in [0.15, 0.2) is 0 Å². The molecule has 2 amide bonds. The Morgan fingerprint density at radius 3 is 2.46 bits per heavy atom. The van der Waals surface area contributed by atoms with Gasteiger partial charge >= 0.3 is 0 Å². The fraction of sp³-hybridized carbons (Fsp3) is 0.259. The van der Waals surface area contributed by atoms with Gasteiger partial charge in [0.2, 0.25) is 0 Å². The van der Waals surface area contributed by atoms with Crippen LogP contribution in [0.1, 0.15) is 50.2 Å². The first-order chi connectivity index (χ1) is 16.8. The van der Waals surface area contributed by atoms with E-state index in [4.69, 9.17) is 16.3 Å². The Bertz CT molecular complexity index is 1230. The van der Waals surface area contributed by atoms with E-state index in [2.05, 4.69) is 15.8 Å². The molecule has 0 spiro atoms. The third-order valence-corrected chi connectivity index (χ3v) is 6.46. The van der Waals surface area contributed by atoms with E-state index in [0.717, 1.165) is 29.7 Å². The van der Waals surface area contributed by atoms with Gasteiger partial charge in [-0.1, -0.05) is 41.9 Å². The minimum absolute atomic E-state index is 0.263. The predicted molar refractivity (Wildman–Crippen MR) is 133 cm³/mol. The maximum Gasteiger partial charge on any atom is 0.271 e. The number of hydrogen-bond donors (Lipinski definition) is 2. The molecular weight excluding hydrogens is 469 g/mol. The molecule has 0 saturated heterocycles. The van der Waals surface area contributed by atoms with Crippen molar-refractivity contribution in [3.05, 3.63) is 105 Å². The summed E-state index contributed by atoms with van der Waals surface area (Å²) >= 11 is 6.04. The van der Waals surface area contributed by atoms with Crippen LogP contribution in [0, 0.1) is 5.82 Å². The first kappa shape index (κ1) is 24.9.